The number of rotatable bonds is 5. The molecule has 0 atom stereocenters. The summed E-state index contributed by atoms with van der Waals surface area (Å²) in [6.45, 7) is 1.03. The van der Waals surface area contributed by atoms with Crippen molar-refractivity contribution in [1.29, 1.82) is 0 Å². The highest BCUT2D eigenvalue weighted by molar-refractivity contribution is 5.85. The quantitative estimate of drug-likeness (QED) is 0.743. The molecule has 3 N–H and O–H groups in total. The average molecular weight is 237 g/mol. The largest absolute Gasteiger partial charge is 0.384 e. The van der Waals surface area contributed by atoms with Crippen LogP contribution in [0.5, 0.6) is 0 Å². The lowest BCUT2D eigenvalue weighted by atomic mass is 9.98. The molecule has 90 valence electrons. The van der Waals surface area contributed by atoms with E-state index in [2.05, 4.69) is 5.32 Å². The molecule has 1 rings (SSSR count). The smallest absolute Gasteiger partial charge is 0.222 e. The minimum absolute atomic E-state index is 0. The van der Waals surface area contributed by atoms with Gasteiger partial charge in [-0.3, -0.25) is 4.79 Å². The molecular weight excluding hydrogens is 216 g/mol. The summed E-state index contributed by atoms with van der Waals surface area (Å²) < 4.78 is 4.85. The summed E-state index contributed by atoms with van der Waals surface area (Å²) in [5.41, 5.74) is 5.58. The number of amides is 1. The van der Waals surface area contributed by atoms with E-state index in [0.29, 0.717) is 19.6 Å². The van der Waals surface area contributed by atoms with Gasteiger partial charge in [-0.25, -0.2) is 0 Å². The zero-order valence-electron chi connectivity index (χ0n) is 9.25. The van der Waals surface area contributed by atoms with Crippen LogP contribution in [0, 0.1) is 0 Å². The van der Waals surface area contributed by atoms with E-state index in [0.717, 1.165) is 12.8 Å². The maximum atomic E-state index is 11.5. The normalized spacial score (nSPS) is 18.3. The highest BCUT2D eigenvalue weighted by Gasteiger charge is 2.33. The van der Waals surface area contributed by atoms with Crippen LogP contribution in [0.1, 0.15) is 32.1 Å². The monoisotopic (exact) mass is 236 g/mol. The number of carbonyl (C=O) groups is 1. The van der Waals surface area contributed by atoms with Crippen molar-refractivity contribution < 1.29 is 9.53 Å². The molecule has 0 radical (unpaired) electrons. The van der Waals surface area contributed by atoms with E-state index in [9.17, 15) is 4.79 Å². The van der Waals surface area contributed by atoms with Crippen molar-refractivity contribution in [2.45, 2.75) is 37.6 Å². The predicted molar refractivity (Wildman–Crippen MR) is 62.1 cm³/mol. The standard InChI is InChI=1S/C10H20N2O2.ClH/c1-14-7-4-9(13)12-10(8-11)5-2-3-6-10;/h2-8,11H2,1H3,(H,12,13);1H. The van der Waals surface area contributed by atoms with Crippen LogP contribution in [-0.2, 0) is 9.53 Å². The molecule has 1 saturated carbocycles. The number of halogens is 1. The molecule has 1 amide bonds. The van der Waals surface area contributed by atoms with Gasteiger partial charge in [0.05, 0.1) is 12.1 Å². The fourth-order valence-electron chi connectivity index (χ4n) is 1.98. The minimum Gasteiger partial charge on any atom is -0.384 e. The van der Waals surface area contributed by atoms with E-state index in [1.165, 1.54) is 12.8 Å². The van der Waals surface area contributed by atoms with Crippen molar-refractivity contribution in [2.75, 3.05) is 20.3 Å². The lowest BCUT2D eigenvalue weighted by molar-refractivity contribution is -0.123. The first-order chi connectivity index (χ1) is 6.72. The van der Waals surface area contributed by atoms with E-state index < -0.39 is 0 Å². The zero-order valence-corrected chi connectivity index (χ0v) is 10.1. The second-order valence-electron chi connectivity index (χ2n) is 3.98. The predicted octanol–water partition coefficient (Wildman–Crippen LogP) is 0.832. The van der Waals surface area contributed by atoms with Gasteiger partial charge in [0.15, 0.2) is 0 Å². The van der Waals surface area contributed by atoms with Crippen LogP contribution in [0.3, 0.4) is 0 Å². The van der Waals surface area contributed by atoms with E-state index in [1.807, 2.05) is 0 Å². The summed E-state index contributed by atoms with van der Waals surface area (Å²) in [5.74, 6) is 0.0548. The Morgan fingerprint density at radius 2 is 2.07 bits per heavy atom. The summed E-state index contributed by atoms with van der Waals surface area (Å²) in [6, 6.07) is 0. The summed E-state index contributed by atoms with van der Waals surface area (Å²) >= 11 is 0. The third-order valence-corrected chi connectivity index (χ3v) is 2.89. The van der Waals surface area contributed by atoms with Crippen molar-refractivity contribution >= 4 is 18.3 Å². The first-order valence-electron chi connectivity index (χ1n) is 5.22. The van der Waals surface area contributed by atoms with Gasteiger partial charge < -0.3 is 15.8 Å². The van der Waals surface area contributed by atoms with Gasteiger partial charge >= 0.3 is 0 Å². The van der Waals surface area contributed by atoms with Gasteiger partial charge in [0.2, 0.25) is 5.91 Å². The number of nitrogens with one attached hydrogen (secondary N) is 1. The Bertz CT molecular complexity index is 194. The van der Waals surface area contributed by atoms with Crippen molar-refractivity contribution in [1.82, 2.24) is 5.32 Å². The highest BCUT2D eigenvalue weighted by Crippen LogP contribution is 2.28. The van der Waals surface area contributed by atoms with Gasteiger partial charge in [-0.05, 0) is 12.8 Å². The summed E-state index contributed by atoms with van der Waals surface area (Å²) in [7, 11) is 1.60. The van der Waals surface area contributed by atoms with E-state index in [4.69, 9.17) is 10.5 Å². The number of carbonyl (C=O) groups excluding carboxylic acids is 1. The van der Waals surface area contributed by atoms with Crippen LogP contribution in [0.25, 0.3) is 0 Å². The van der Waals surface area contributed by atoms with Crippen LogP contribution in [0.2, 0.25) is 0 Å². The molecule has 0 aromatic rings. The first-order valence-corrected chi connectivity index (χ1v) is 5.22. The van der Waals surface area contributed by atoms with Gasteiger partial charge in [0.1, 0.15) is 0 Å². The molecule has 15 heavy (non-hydrogen) atoms. The molecular formula is C10H21ClN2O2. The molecule has 0 aromatic carbocycles. The second kappa shape index (κ2) is 7.04. The van der Waals surface area contributed by atoms with Crippen molar-refractivity contribution in [3.05, 3.63) is 0 Å². The highest BCUT2D eigenvalue weighted by atomic mass is 35.5. The molecule has 0 unspecified atom stereocenters. The molecule has 0 heterocycles. The molecule has 1 aliphatic carbocycles. The van der Waals surface area contributed by atoms with Gasteiger partial charge in [-0.2, -0.15) is 0 Å². The number of nitrogens with two attached hydrogens (primary N) is 1. The molecule has 5 heteroatoms. The topological polar surface area (TPSA) is 64.3 Å². The van der Waals surface area contributed by atoms with E-state index in [-0.39, 0.29) is 23.9 Å². The molecule has 0 saturated heterocycles. The molecule has 0 spiro atoms. The minimum atomic E-state index is -0.120. The Morgan fingerprint density at radius 1 is 1.47 bits per heavy atom. The van der Waals surface area contributed by atoms with Crippen LogP contribution < -0.4 is 11.1 Å². The third kappa shape index (κ3) is 4.36. The Hall–Kier alpha value is -0.320. The number of methoxy groups -OCH3 is 1. The maximum absolute atomic E-state index is 11.5. The SMILES string of the molecule is COCCC(=O)NC1(CN)CCCC1.Cl. The Labute approximate surface area is 97.3 Å². The Kier molecular flexibility index (Phi) is 6.89. The number of hydrogen-bond acceptors (Lipinski definition) is 3. The molecule has 0 aliphatic heterocycles. The molecule has 0 bridgehead atoms. The lowest BCUT2D eigenvalue weighted by Gasteiger charge is -2.28. The Morgan fingerprint density at radius 3 is 2.53 bits per heavy atom. The molecule has 4 nitrogen and oxygen atoms in total. The fraction of sp³-hybridized carbons (Fsp3) is 0.900. The van der Waals surface area contributed by atoms with Crippen LogP contribution >= 0.6 is 12.4 Å². The van der Waals surface area contributed by atoms with E-state index >= 15 is 0 Å². The average Bonchev–Trinajstić information content (AvgIpc) is 2.64. The van der Waals surface area contributed by atoms with Gasteiger partial charge in [0, 0.05) is 20.1 Å². The molecule has 1 aliphatic rings. The van der Waals surface area contributed by atoms with Crippen molar-refractivity contribution in [3.63, 3.8) is 0 Å². The second-order valence-corrected chi connectivity index (χ2v) is 3.98. The van der Waals surface area contributed by atoms with Gasteiger partial charge in [0.25, 0.3) is 0 Å². The lowest BCUT2D eigenvalue weighted by Crippen LogP contribution is -2.51. The van der Waals surface area contributed by atoms with Gasteiger partial charge in [-0.1, -0.05) is 12.8 Å². The molecule has 1 fully saturated rings. The van der Waals surface area contributed by atoms with Gasteiger partial charge in [-0.15, -0.1) is 12.4 Å². The zero-order chi connectivity index (χ0) is 10.4. The third-order valence-electron chi connectivity index (χ3n) is 2.89. The van der Waals surface area contributed by atoms with E-state index in [1.54, 1.807) is 7.11 Å². The molecule has 0 aromatic heterocycles. The van der Waals surface area contributed by atoms with Crippen molar-refractivity contribution in [3.8, 4) is 0 Å². The summed E-state index contributed by atoms with van der Waals surface area (Å²) in [4.78, 5) is 11.5. The number of ether oxygens (including phenoxy) is 1. The van der Waals surface area contributed by atoms with Crippen molar-refractivity contribution in [2.24, 2.45) is 5.73 Å². The number of hydrogen-bond donors (Lipinski definition) is 2. The summed E-state index contributed by atoms with van der Waals surface area (Å²) in [5, 5.41) is 3.03. The maximum Gasteiger partial charge on any atom is 0.222 e. The van der Waals surface area contributed by atoms with Crippen LogP contribution in [0.15, 0.2) is 0 Å². The Balaban J connectivity index is 0.00000196. The fourth-order valence-corrected chi connectivity index (χ4v) is 1.98. The summed E-state index contributed by atoms with van der Waals surface area (Å²) in [6.07, 6.45) is 4.80. The van der Waals surface area contributed by atoms with Crippen LogP contribution in [0.4, 0.5) is 0 Å². The first kappa shape index (κ1) is 14.7. The van der Waals surface area contributed by atoms with Crippen LogP contribution in [-0.4, -0.2) is 31.7 Å².